The van der Waals surface area contributed by atoms with Gasteiger partial charge in [0.1, 0.15) is 28.6 Å². The average molecular weight is 1770 g/mol. The number of aryl methyl sites for hydroxylation is 4. The molecule has 12 aromatic heterocycles. The Morgan fingerprint density at radius 1 is 0.359 bits per heavy atom. The molecule has 0 spiro atoms. The van der Waals surface area contributed by atoms with Crippen molar-refractivity contribution in [2.45, 2.75) is 43.9 Å². The molecular weight excluding hydrogens is 1670 g/mol. The molecule has 38 nitrogen and oxygen atoms in total. The summed E-state index contributed by atoms with van der Waals surface area (Å²) in [6, 6.07) is 30.0. The van der Waals surface area contributed by atoms with Gasteiger partial charge in [-0.1, -0.05) is 83.3 Å². The number of benzene rings is 4. The van der Waals surface area contributed by atoms with E-state index in [1.807, 2.05) is 130 Å². The normalized spacial score (nSPS) is 12.0. The molecule has 2 fully saturated rings. The van der Waals surface area contributed by atoms with Crippen LogP contribution in [0.1, 0.15) is 55.3 Å². The number of nitrogens with zero attached hydrogens (tertiary/aromatic N) is 20. The third-order valence-corrected chi connectivity index (χ3v) is 21.4. The van der Waals surface area contributed by atoms with E-state index in [1.54, 1.807) is 158 Å². The molecule has 38 heteroatoms. The molecule has 4 aromatic carbocycles. The highest BCUT2D eigenvalue weighted by Gasteiger charge is 2.31. The van der Waals surface area contributed by atoms with Gasteiger partial charge in [-0.05, 0) is 123 Å². The fourth-order valence-corrected chi connectivity index (χ4v) is 14.7. The number of nitrogens with one attached hydrogen (secondary N) is 9. The second kappa shape index (κ2) is 38.2. The Morgan fingerprint density at radius 3 is 0.924 bits per heavy atom. The maximum absolute atomic E-state index is 13.7. The predicted molar refractivity (Wildman–Crippen MR) is 512 cm³/mol. The van der Waals surface area contributed by atoms with Crippen LogP contribution < -0.4 is 94.3 Å². The van der Waals surface area contributed by atoms with Crippen LogP contribution in [0.4, 0.5) is 74.1 Å². The Hall–Kier alpha value is -17.5. The highest BCUT2D eigenvalue weighted by Crippen LogP contribution is 2.42. The number of aromatic nitrogens is 20. The van der Waals surface area contributed by atoms with Crippen molar-refractivity contribution in [1.82, 2.24) is 94.9 Å². The number of fused-ring (bicyclic) bond motifs is 4. The van der Waals surface area contributed by atoms with Gasteiger partial charge >= 0.3 is 22.8 Å². The predicted octanol–water partition coefficient (Wildman–Crippen LogP) is 14.5. The Bertz CT molecular complexity index is 7170. The average Bonchev–Trinajstić information content (AvgIpc) is 1.61. The van der Waals surface area contributed by atoms with Gasteiger partial charge in [0.2, 0.25) is 5.88 Å². The van der Waals surface area contributed by atoms with E-state index < -0.39 is 0 Å². The molecule has 0 bridgehead atoms. The van der Waals surface area contributed by atoms with Gasteiger partial charge in [-0.3, -0.25) is 37.0 Å². The second-order valence-corrected chi connectivity index (χ2v) is 30.4. The number of ether oxygens (including phenoxy) is 5. The van der Waals surface area contributed by atoms with E-state index in [-0.39, 0.29) is 22.8 Å². The van der Waals surface area contributed by atoms with Gasteiger partial charge in [-0.2, -0.15) is 0 Å². The topological polar surface area (TPSA) is 383 Å². The summed E-state index contributed by atoms with van der Waals surface area (Å²) in [5, 5.41) is 46.1. The minimum atomic E-state index is -0.335. The van der Waals surface area contributed by atoms with E-state index in [0.29, 0.717) is 161 Å². The minimum Gasteiger partial charge on any atom is -0.481 e. The SMILES string of the molecule is C=CC(=C)Nc1cccc(-n2cc(Nc3cn(C)nc3OC)c3ncc(C4CC4)n3c2=O)c1.C=CC(=C)Nc1cccc(-n2cc(Nc3cn(C)nc3OC)c3ncc(C4CCC4)n3c2=O)c1.C=CC(=C)Nc1cccc(-n2cc(Nc3cn(C)nc3OC)c3ncc(NC)n3c2=O)c1.C=CC(=C)Nc1cccc(-n2cc(Nc3cn(C)nc3OC)c3ncc(OC)n3c2=O)c1. The number of imidazole rings is 4. The van der Waals surface area contributed by atoms with E-state index >= 15 is 0 Å². The van der Waals surface area contributed by atoms with Crippen LogP contribution in [0, 0.1) is 0 Å². The van der Waals surface area contributed by atoms with Crippen LogP contribution in [-0.4, -0.2) is 138 Å². The van der Waals surface area contributed by atoms with Crippen LogP contribution in [0.2, 0.25) is 0 Å². The minimum absolute atomic E-state index is 0.169. The summed E-state index contributed by atoms with van der Waals surface area (Å²) in [6.45, 7) is 30.4. The van der Waals surface area contributed by atoms with E-state index in [9.17, 15) is 19.2 Å². The fraction of sp³-hybridized carbons (Fsp3) is 0.183. The number of allylic oxidation sites excluding steroid dienone is 4. The van der Waals surface area contributed by atoms with Gasteiger partial charge in [0.05, 0.1) is 130 Å². The van der Waals surface area contributed by atoms with E-state index in [2.05, 4.69) is 141 Å². The number of hydrogen-bond acceptors (Lipinski definition) is 26. The van der Waals surface area contributed by atoms with Crippen molar-refractivity contribution in [3.8, 4) is 52.1 Å². The molecule has 9 N–H and O–H groups in total. The largest absolute Gasteiger partial charge is 0.481 e. The van der Waals surface area contributed by atoms with Crippen LogP contribution in [0.3, 0.4) is 0 Å². The maximum Gasteiger partial charge on any atom is 0.341 e. The first-order valence-corrected chi connectivity index (χ1v) is 41.2. The quantitative estimate of drug-likeness (QED) is 0.0177. The number of hydrogen-bond donors (Lipinski definition) is 9. The Kier molecular flexibility index (Phi) is 25.7. The maximum atomic E-state index is 13.7. The lowest BCUT2D eigenvalue weighted by Crippen LogP contribution is -2.28. The van der Waals surface area contributed by atoms with Gasteiger partial charge < -0.3 is 71.5 Å². The summed E-state index contributed by atoms with van der Waals surface area (Å²) >= 11 is 0. The lowest BCUT2D eigenvalue weighted by Gasteiger charge is -2.25. The van der Waals surface area contributed by atoms with Gasteiger partial charge in [0, 0.05) is 130 Å². The Morgan fingerprint density at radius 2 is 0.641 bits per heavy atom. The van der Waals surface area contributed by atoms with Crippen LogP contribution in [0.15, 0.2) is 290 Å². The number of rotatable bonds is 32. The number of anilines is 13. The van der Waals surface area contributed by atoms with Gasteiger partial charge in [0.25, 0.3) is 23.5 Å². The molecule has 18 rings (SSSR count). The van der Waals surface area contributed by atoms with Crippen molar-refractivity contribution in [3.05, 3.63) is 324 Å². The summed E-state index contributed by atoms with van der Waals surface area (Å²) in [6.07, 6.45) is 32.8. The lowest BCUT2D eigenvalue weighted by atomic mass is 9.83. The van der Waals surface area contributed by atoms with Crippen LogP contribution in [0.25, 0.3) is 45.3 Å². The van der Waals surface area contributed by atoms with Crippen molar-refractivity contribution in [2.24, 2.45) is 28.2 Å². The molecule has 16 aromatic rings. The van der Waals surface area contributed by atoms with Gasteiger partial charge in [-0.25, -0.2) is 56.7 Å². The second-order valence-electron chi connectivity index (χ2n) is 30.4. The standard InChI is InChI=1S/C25H27N7O2.C24H25N7O2.C22H24N8O2.C22H23N7O3/c1-5-16(2)27-18-10-7-11-19(12-18)31-15-20(28-21-14-30(3)29-24(21)34-4)23-26-13-22(17-8-6-9-17)32(23)25(31)33;1-5-15(2)26-17-7-6-8-18(11-17)30-14-19(27-20-13-29(3)28-23(20)33-4)22-25-12-21(16-9-10-16)31(22)24(30)32;1-6-14(2)25-15-8-7-9-16(10-15)29-13-17(26-18-12-28(4)27-21(18)32-5)20-24-11-19(23-3)30(20)22(29)31;1-6-14(2)24-15-8-7-9-16(10-15)28-13-17(25-18-12-27(3)26-21(18)32-5)20-23-11-19(31-4)29(20)22(28)30/h5,7,10-15,17,27-28H,1-2,6,8-9H2,3-4H3;5-8,11-14,16,26-27H,1-2,9-10H2,3-4H3;6-13,23,25-26H,1-2H2,3-5H3;6-13,24-25H,1-2H2,3-5H3. The Labute approximate surface area is 750 Å². The molecule has 2 aliphatic carbocycles. The molecule has 0 unspecified atom stereocenters. The zero-order chi connectivity index (χ0) is 92.6. The molecule has 0 atom stereocenters. The van der Waals surface area contributed by atoms with Crippen LogP contribution in [0.5, 0.6) is 29.4 Å². The van der Waals surface area contributed by atoms with Gasteiger partial charge in [0.15, 0.2) is 22.6 Å². The zero-order valence-electron chi connectivity index (χ0n) is 73.9. The summed E-state index contributed by atoms with van der Waals surface area (Å²) < 4.78 is 46.1. The Balaban J connectivity index is 0.000000134. The molecule has 0 aliphatic heterocycles. The van der Waals surface area contributed by atoms with Crippen LogP contribution >= 0.6 is 0 Å². The summed E-state index contributed by atoms with van der Waals surface area (Å²) in [5.41, 5.74) is 16.6. The third-order valence-electron chi connectivity index (χ3n) is 21.4. The number of methoxy groups -OCH3 is 5. The molecular formula is C93H99N29O9. The lowest BCUT2D eigenvalue weighted by molar-refractivity contribution is 0.391. The van der Waals surface area contributed by atoms with Crippen molar-refractivity contribution in [1.29, 1.82) is 0 Å². The summed E-state index contributed by atoms with van der Waals surface area (Å²) in [7, 11) is 16.7. The zero-order valence-corrected chi connectivity index (χ0v) is 73.9. The molecule has 2 aliphatic rings. The molecule has 131 heavy (non-hydrogen) atoms. The summed E-state index contributed by atoms with van der Waals surface area (Å²) in [5.74, 6) is 3.32. The van der Waals surface area contributed by atoms with Gasteiger partial charge in [-0.15, -0.1) is 20.4 Å². The van der Waals surface area contributed by atoms with E-state index in [1.165, 1.54) is 33.8 Å². The van der Waals surface area contributed by atoms with Crippen molar-refractivity contribution in [3.63, 3.8) is 0 Å². The highest BCUT2D eigenvalue weighted by atomic mass is 16.5. The van der Waals surface area contributed by atoms with Crippen molar-refractivity contribution >= 4 is 96.7 Å². The highest BCUT2D eigenvalue weighted by molar-refractivity contribution is 5.80. The van der Waals surface area contributed by atoms with Crippen LogP contribution in [-0.2, 0) is 28.2 Å². The molecule has 2 saturated carbocycles. The fourth-order valence-electron chi connectivity index (χ4n) is 14.7. The first-order valence-electron chi connectivity index (χ1n) is 41.2. The molecule has 0 radical (unpaired) electrons. The van der Waals surface area contributed by atoms with Crippen molar-refractivity contribution in [2.75, 3.05) is 90.4 Å². The molecule has 0 amide bonds. The molecule has 0 saturated heterocycles. The first-order chi connectivity index (χ1) is 63.3. The third kappa shape index (κ3) is 18.6. The van der Waals surface area contributed by atoms with Crippen molar-refractivity contribution < 1.29 is 23.7 Å². The smallest absolute Gasteiger partial charge is 0.341 e. The van der Waals surface area contributed by atoms with E-state index in [0.717, 1.165) is 66.2 Å². The monoisotopic (exact) mass is 1770 g/mol. The molecule has 12 heterocycles. The summed E-state index contributed by atoms with van der Waals surface area (Å²) in [4.78, 5) is 72.2. The first kappa shape index (κ1) is 88.4. The molecule has 670 valence electrons. The van der Waals surface area contributed by atoms with E-state index in [4.69, 9.17) is 23.7 Å².